The van der Waals surface area contributed by atoms with Crippen molar-refractivity contribution in [3.05, 3.63) is 91.6 Å². The fourth-order valence-electron chi connectivity index (χ4n) is 2.41. The highest BCUT2D eigenvalue weighted by Crippen LogP contribution is 2.34. The molecular weight excluding hydrogens is 484 g/mol. The fraction of sp³-hybridized carbons (Fsp3) is 0.100. The molecule has 3 aromatic carbocycles. The highest BCUT2D eigenvalue weighted by atomic mass is 79.9. The summed E-state index contributed by atoms with van der Waals surface area (Å²) in [6.07, 6.45) is 0. The van der Waals surface area contributed by atoms with Crippen molar-refractivity contribution in [2.75, 3.05) is 5.32 Å². The third-order valence-corrected chi connectivity index (χ3v) is 5.01. The van der Waals surface area contributed by atoms with E-state index < -0.39 is 0 Å². The molecule has 3 rings (SSSR count). The summed E-state index contributed by atoms with van der Waals surface area (Å²) < 4.78 is 20.9. The van der Waals surface area contributed by atoms with Gasteiger partial charge in [0, 0.05) is 27.3 Å². The minimum Gasteiger partial charge on any atom is -0.487 e. The van der Waals surface area contributed by atoms with Crippen LogP contribution in [0.1, 0.15) is 11.1 Å². The standard InChI is InChI=1S/C20H15Br2ClFNO/c21-15-9-14(11-25-18-7-5-17(24)6-8-18)20(19(22)10-15)26-12-13-1-3-16(23)4-2-13/h1-10,25H,11-12H2. The smallest absolute Gasteiger partial charge is 0.139 e. The van der Waals surface area contributed by atoms with Crippen LogP contribution >= 0.6 is 43.5 Å². The SMILES string of the molecule is Fc1ccc(NCc2cc(Br)cc(Br)c2OCc2ccc(Cl)cc2)cc1. The van der Waals surface area contributed by atoms with Gasteiger partial charge in [0.05, 0.1) is 4.47 Å². The van der Waals surface area contributed by atoms with Crippen LogP contribution in [0.2, 0.25) is 5.02 Å². The van der Waals surface area contributed by atoms with E-state index in [1.165, 1.54) is 12.1 Å². The van der Waals surface area contributed by atoms with Crippen LogP contribution in [0, 0.1) is 5.82 Å². The fourth-order valence-corrected chi connectivity index (χ4v) is 3.96. The lowest BCUT2D eigenvalue weighted by Crippen LogP contribution is -2.04. The second-order valence-electron chi connectivity index (χ2n) is 5.65. The topological polar surface area (TPSA) is 21.3 Å². The van der Waals surface area contributed by atoms with Crippen LogP contribution in [0.15, 0.2) is 69.6 Å². The van der Waals surface area contributed by atoms with Gasteiger partial charge in [0.2, 0.25) is 0 Å². The van der Waals surface area contributed by atoms with E-state index in [1.807, 2.05) is 36.4 Å². The van der Waals surface area contributed by atoms with Gasteiger partial charge >= 0.3 is 0 Å². The second-order valence-corrected chi connectivity index (χ2v) is 7.86. The minimum atomic E-state index is -0.257. The summed E-state index contributed by atoms with van der Waals surface area (Å²) in [4.78, 5) is 0. The number of rotatable bonds is 6. The monoisotopic (exact) mass is 497 g/mol. The highest BCUT2D eigenvalue weighted by molar-refractivity contribution is 9.11. The molecule has 26 heavy (non-hydrogen) atoms. The molecule has 0 saturated heterocycles. The van der Waals surface area contributed by atoms with E-state index in [-0.39, 0.29) is 5.82 Å². The number of benzene rings is 3. The highest BCUT2D eigenvalue weighted by Gasteiger charge is 2.11. The second kappa shape index (κ2) is 8.89. The molecule has 0 aliphatic heterocycles. The first-order chi connectivity index (χ1) is 12.5. The summed E-state index contributed by atoms with van der Waals surface area (Å²) in [6.45, 7) is 0.973. The maximum Gasteiger partial charge on any atom is 0.139 e. The maximum absolute atomic E-state index is 13.0. The van der Waals surface area contributed by atoms with Crippen LogP contribution in [0.3, 0.4) is 0 Å². The number of nitrogens with one attached hydrogen (secondary N) is 1. The lowest BCUT2D eigenvalue weighted by molar-refractivity contribution is 0.301. The molecule has 0 fully saturated rings. The van der Waals surface area contributed by atoms with Gasteiger partial charge in [-0.2, -0.15) is 0 Å². The first-order valence-corrected chi connectivity index (χ1v) is 9.82. The Kier molecular flexibility index (Phi) is 6.57. The Bertz CT molecular complexity index is 886. The molecule has 0 amide bonds. The van der Waals surface area contributed by atoms with E-state index in [9.17, 15) is 4.39 Å². The van der Waals surface area contributed by atoms with Crippen LogP contribution in [0.25, 0.3) is 0 Å². The third-order valence-electron chi connectivity index (χ3n) is 3.71. The van der Waals surface area contributed by atoms with E-state index in [0.29, 0.717) is 18.2 Å². The van der Waals surface area contributed by atoms with Crippen molar-refractivity contribution in [2.24, 2.45) is 0 Å². The van der Waals surface area contributed by atoms with E-state index in [4.69, 9.17) is 16.3 Å². The molecule has 134 valence electrons. The summed E-state index contributed by atoms with van der Waals surface area (Å²) in [5.41, 5.74) is 2.84. The molecule has 0 aliphatic carbocycles. The van der Waals surface area contributed by atoms with Crippen LogP contribution in [0.5, 0.6) is 5.75 Å². The first-order valence-electron chi connectivity index (χ1n) is 7.86. The van der Waals surface area contributed by atoms with Gasteiger partial charge in [-0.1, -0.05) is 39.7 Å². The Morgan fingerprint density at radius 2 is 1.65 bits per heavy atom. The van der Waals surface area contributed by atoms with Gasteiger partial charge in [-0.25, -0.2) is 4.39 Å². The van der Waals surface area contributed by atoms with Crippen molar-refractivity contribution < 1.29 is 9.13 Å². The molecule has 0 heterocycles. The number of hydrogen-bond donors (Lipinski definition) is 1. The predicted molar refractivity (Wildman–Crippen MR) is 111 cm³/mol. The van der Waals surface area contributed by atoms with E-state index >= 15 is 0 Å². The largest absolute Gasteiger partial charge is 0.487 e. The Morgan fingerprint density at radius 1 is 0.962 bits per heavy atom. The molecule has 3 aromatic rings. The summed E-state index contributed by atoms with van der Waals surface area (Å²) in [6, 6.07) is 17.8. The Balaban J connectivity index is 1.75. The summed E-state index contributed by atoms with van der Waals surface area (Å²) in [7, 11) is 0. The normalized spacial score (nSPS) is 10.6. The van der Waals surface area contributed by atoms with Crippen molar-refractivity contribution in [1.29, 1.82) is 0 Å². The molecule has 1 N–H and O–H groups in total. The van der Waals surface area contributed by atoms with Gasteiger partial charge in [0.15, 0.2) is 0 Å². The third kappa shape index (κ3) is 5.22. The number of hydrogen-bond acceptors (Lipinski definition) is 2. The zero-order valence-electron chi connectivity index (χ0n) is 13.6. The lowest BCUT2D eigenvalue weighted by atomic mass is 10.2. The molecule has 0 radical (unpaired) electrons. The van der Waals surface area contributed by atoms with Gasteiger partial charge in [-0.15, -0.1) is 0 Å². The Hall–Kier alpha value is -1.56. The van der Waals surface area contributed by atoms with Crippen LogP contribution in [-0.2, 0) is 13.2 Å². The van der Waals surface area contributed by atoms with Gasteiger partial charge in [-0.05, 0) is 70.0 Å². The van der Waals surface area contributed by atoms with Crippen LogP contribution in [0.4, 0.5) is 10.1 Å². The molecule has 0 unspecified atom stereocenters. The van der Waals surface area contributed by atoms with Gasteiger partial charge in [0.1, 0.15) is 18.2 Å². The molecule has 2 nitrogen and oxygen atoms in total. The van der Waals surface area contributed by atoms with Crippen molar-refractivity contribution >= 4 is 49.1 Å². The number of halogens is 4. The number of ether oxygens (including phenoxy) is 1. The molecule has 0 spiro atoms. The molecule has 0 saturated carbocycles. The van der Waals surface area contributed by atoms with Gasteiger partial charge in [-0.3, -0.25) is 0 Å². The van der Waals surface area contributed by atoms with E-state index in [2.05, 4.69) is 37.2 Å². The molecule has 0 aliphatic rings. The predicted octanol–water partition coefficient (Wildman–Crippen LogP) is 7.20. The molecular formula is C20H15Br2ClFNO. The van der Waals surface area contributed by atoms with Crippen LogP contribution < -0.4 is 10.1 Å². The zero-order chi connectivity index (χ0) is 18.5. The van der Waals surface area contributed by atoms with Crippen molar-refractivity contribution in [1.82, 2.24) is 0 Å². The lowest BCUT2D eigenvalue weighted by Gasteiger charge is -2.15. The number of anilines is 1. The Labute approximate surface area is 173 Å². The average molecular weight is 500 g/mol. The van der Waals surface area contributed by atoms with Crippen LogP contribution in [-0.4, -0.2) is 0 Å². The molecule has 6 heteroatoms. The van der Waals surface area contributed by atoms with Crippen molar-refractivity contribution in [3.8, 4) is 5.75 Å². The quantitative estimate of drug-likeness (QED) is 0.387. The molecule has 0 aromatic heterocycles. The van der Waals surface area contributed by atoms with E-state index in [0.717, 1.165) is 31.5 Å². The van der Waals surface area contributed by atoms with Gasteiger partial charge in [0.25, 0.3) is 0 Å². The average Bonchev–Trinajstić information content (AvgIpc) is 2.62. The summed E-state index contributed by atoms with van der Waals surface area (Å²) in [5, 5.41) is 3.98. The molecule has 0 bridgehead atoms. The van der Waals surface area contributed by atoms with Gasteiger partial charge < -0.3 is 10.1 Å². The summed E-state index contributed by atoms with van der Waals surface area (Å²) >= 11 is 13.0. The zero-order valence-corrected chi connectivity index (χ0v) is 17.5. The first kappa shape index (κ1) is 19.2. The van der Waals surface area contributed by atoms with Crippen molar-refractivity contribution in [2.45, 2.75) is 13.2 Å². The maximum atomic E-state index is 13.0. The minimum absolute atomic E-state index is 0.257. The summed E-state index contributed by atoms with van der Waals surface area (Å²) in [5.74, 6) is 0.505. The van der Waals surface area contributed by atoms with E-state index in [1.54, 1.807) is 12.1 Å². The molecule has 0 atom stereocenters. The Morgan fingerprint density at radius 3 is 2.35 bits per heavy atom. The van der Waals surface area contributed by atoms with Crippen molar-refractivity contribution in [3.63, 3.8) is 0 Å².